The van der Waals surface area contributed by atoms with Gasteiger partial charge in [-0.25, -0.2) is 4.98 Å². The van der Waals surface area contributed by atoms with Crippen molar-refractivity contribution in [1.29, 1.82) is 0 Å². The van der Waals surface area contributed by atoms with Gasteiger partial charge in [-0.05, 0) is 48.4 Å². The van der Waals surface area contributed by atoms with Crippen LogP contribution in [-0.2, 0) is 0 Å². The zero-order valence-corrected chi connectivity index (χ0v) is 21.7. The Bertz CT molecular complexity index is 1760. The van der Waals surface area contributed by atoms with Gasteiger partial charge in [-0.1, -0.05) is 31.9 Å². The first-order valence-corrected chi connectivity index (χ1v) is 13.9. The zero-order chi connectivity index (χ0) is 25.5. The van der Waals surface area contributed by atoms with Crippen molar-refractivity contribution in [3.8, 4) is 33.0 Å². The Morgan fingerprint density at radius 2 is 1.82 bits per heavy atom. The van der Waals surface area contributed by atoms with Gasteiger partial charge in [0, 0.05) is 56.6 Å². The van der Waals surface area contributed by atoms with Crippen LogP contribution in [0.4, 0.5) is 5.69 Å². The lowest BCUT2D eigenvalue weighted by molar-refractivity contribution is 0.405. The maximum atomic E-state index is 4.65. The first kappa shape index (κ1) is 22.9. The molecule has 0 unspecified atom stereocenters. The van der Waals surface area contributed by atoms with E-state index in [0.717, 1.165) is 55.8 Å². The van der Waals surface area contributed by atoms with Crippen molar-refractivity contribution in [3.63, 3.8) is 0 Å². The Morgan fingerprint density at radius 1 is 0.947 bits per heavy atom. The van der Waals surface area contributed by atoms with E-state index < -0.39 is 0 Å². The normalized spacial score (nSPS) is 14.3. The fraction of sp³-hybridized carbons (Fsp3) is 0.200. The molecule has 3 N–H and O–H groups in total. The maximum Gasteiger partial charge on any atom is 0.181 e. The summed E-state index contributed by atoms with van der Waals surface area (Å²) in [6, 6.07) is 10.6. The third-order valence-electron chi connectivity index (χ3n) is 7.49. The van der Waals surface area contributed by atoms with Crippen molar-refractivity contribution in [2.24, 2.45) is 5.92 Å². The lowest BCUT2D eigenvalue weighted by Crippen LogP contribution is -2.14. The van der Waals surface area contributed by atoms with Gasteiger partial charge in [0.2, 0.25) is 0 Å². The highest BCUT2D eigenvalue weighted by Crippen LogP contribution is 2.36. The van der Waals surface area contributed by atoms with Crippen LogP contribution >= 0.6 is 11.3 Å². The number of aromatic amines is 2. The van der Waals surface area contributed by atoms with E-state index in [1.165, 1.54) is 37.0 Å². The van der Waals surface area contributed by atoms with Crippen LogP contribution in [0.2, 0.25) is 0 Å². The molecular weight excluding hydrogens is 490 g/mol. The van der Waals surface area contributed by atoms with Crippen LogP contribution in [0.5, 0.6) is 0 Å². The Kier molecular flexibility index (Phi) is 5.74. The number of allylic oxidation sites excluding steroid dienone is 1. The standard InChI is InChI=1S/C30H27N7S/c1-18(19-6-3-2-4-7-19)34-22-10-20(13-31-15-22)21-11-24-29(36-37-30(24)33-14-21)26-12-23-25(28-8-5-9-38-28)16-32-17-27(23)35-26/h5,8-17,19,34-35H,1-4,6-7H2,(H,33,36,37). The summed E-state index contributed by atoms with van der Waals surface area (Å²) in [5.74, 6) is 0.533. The Labute approximate surface area is 224 Å². The molecule has 6 heterocycles. The third-order valence-corrected chi connectivity index (χ3v) is 8.39. The predicted molar refractivity (Wildman–Crippen MR) is 155 cm³/mol. The second-order valence-corrected chi connectivity index (χ2v) is 10.9. The summed E-state index contributed by atoms with van der Waals surface area (Å²) in [7, 11) is 0. The highest BCUT2D eigenvalue weighted by molar-refractivity contribution is 7.13. The molecule has 1 aliphatic rings. The third kappa shape index (κ3) is 4.16. The summed E-state index contributed by atoms with van der Waals surface area (Å²) in [4.78, 5) is 18.3. The molecule has 7 nitrogen and oxygen atoms in total. The number of nitrogens with zero attached hydrogens (tertiary/aromatic N) is 4. The van der Waals surface area contributed by atoms with Gasteiger partial charge in [-0.15, -0.1) is 11.3 Å². The van der Waals surface area contributed by atoms with Crippen molar-refractivity contribution in [2.75, 3.05) is 5.32 Å². The molecule has 0 bridgehead atoms. The molecule has 0 saturated heterocycles. The molecule has 0 aliphatic heterocycles. The minimum absolute atomic E-state index is 0.533. The van der Waals surface area contributed by atoms with Crippen LogP contribution in [0, 0.1) is 5.92 Å². The molecule has 0 radical (unpaired) electrons. The maximum absolute atomic E-state index is 4.65. The van der Waals surface area contributed by atoms with Crippen LogP contribution in [0.3, 0.4) is 0 Å². The van der Waals surface area contributed by atoms with Crippen molar-refractivity contribution in [1.82, 2.24) is 30.1 Å². The second kappa shape index (κ2) is 9.54. The minimum Gasteiger partial charge on any atom is -0.358 e. The molecule has 7 rings (SSSR count). The van der Waals surface area contributed by atoms with Gasteiger partial charge >= 0.3 is 0 Å². The lowest BCUT2D eigenvalue weighted by Gasteiger charge is -2.24. The van der Waals surface area contributed by atoms with Crippen molar-refractivity contribution < 1.29 is 0 Å². The number of aromatic nitrogens is 6. The second-order valence-electron chi connectivity index (χ2n) is 9.95. The topological polar surface area (TPSA) is 95.2 Å². The van der Waals surface area contributed by atoms with E-state index in [1.54, 1.807) is 11.3 Å². The van der Waals surface area contributed by atoms with E-state index >= 15 is 0 Å². The fourth-order valence-electron chi connectivity index (χ4n) is 5.48. The van der Waals surface area contributed by atoms with Crippen LogP contribution < -0.4 is 5.32 Å². The molecule has 38 heavy (non-hydrogen) atoms. The quantitative estimate of drug-likeness (QED) is 0.209. The van der Waals surface area contributed by atoms with Crippen LogP contribution in [-0.4, -0.2) is 30.1 Å². The van der Waals surface area contributed by atoms with Crippen molar-refractivity contribution >= 4 is 39.0 Å². The number of anilines is 1. The Hall–Kier alpha value is -4.30. The summed E-state index contributed by atoms with van der Waals surface area (Å²) in [6.45, 7) is 4.32. The van der Waals surface area contributed by atoms with Crippen LogP contribution in [0.25, 0.3) is 54.9 Å². The SMILES string of the molecule is C=C(Nc1cncc(-c2cnc3n[nH]c(-c4cc5c(-c6cccs6)cncc5[nH]4)c3c2)c1)C1CCCCC1. The predicted octanol–water partition coefficient (Wildman–Crippen LogP) is 7.80. The number of hydrogen-bond donors (Lipinski definition) is 3. The number of fused-ring (bicyclic) bond motifs is 2. The van der Waals surface area contributed by atoms with E-state index in [1.807, 2.05) is 31.0 Å². The molecule has 1 fully saturated rings. The summed E-state index contributed by atoms with van der Waals surface area (Å²) < 4.78 is 0. The van der Waals surface area contributed by atoms with Crippen LogP contribution in [0.1, 0.15) is 32.1 Å². The molecule has 0 aromatic carbocycles. The van der Waals surface area contributed by atoms with Gasteiger partial charge in [0.15, 0.2) is 5.65 Å². The number of H-pyrrole nitrogens is 2. The molecule has 188 valence electrons. The van der Waals surface area contributed by atoms with Gasteiger partial charge in [-0.2, -0.15) is 5.10 Å². The average Bonchev–Trinajstić information content (AvgIpc) is 3.73. The molecule has 0 atom stereocenters. The smallest absolute Gasteiger partial charge is 0.181 e. The molecule has 0 spiro atoms. The lowest BCUT2D eigenvalue weighted by atomic mass is 9.87. The summed E-state index contributed by atoms with van der Waals surface area (Å²) in [5, 5.41) is 15.3. The van der Waals surface area contributed by atoms with Crippen LogP contribution in [0.15, 0.2) is 79.0 Å². The van der Waals surface area contributed by atoms with E-state index in [0.29, 0.717) is 11.6 Å². The van der Waals surface area contributed by atoms with Gasteiger partial charge in [0.25, 0.3) is 0 Å². The van der Waals surface area contributed by atoms with Gasteiger partial charge in [0.1, 0.15) is 0 Å². The number of thiophene rings is 1. The highest BCUT2D eigenvalue weighted by atomic mass is 32.1. The number of rotatable bonds is 6. The molecule has 8 heteroatoms. The van der Waals surface area contributed by atoms with E-state index in [2.05, 4.69) is 77.7 Å². The molecular formula is C30H27N7S. The zero-order valence-electron chi connectivity index (χ0n) is 20.9. The number of pyridine rings is 3. The minimum atomic E-state index is 0.533. The molecule has 0 amide bonds. The monoisotopic (exact) mass is 517 g/mol. The summed E-state index contributed by atoms with van der Waals surface area (Å²) in [6.07, 6.45) is 15.7. The summed E-state index contributed by atoms with van der Waals surface area (Å²) in [5.41, 5.74) is 8.64. The number of nitrogens with one attached hydrogen (secondary N) is 3. The molecule has 6 aromatic heterocycles. The molecule has 6 aromatic rings. The molecule has 1 saturated carbocycles. The van der Waals surface area contributed by atoms with Crippen molar-refractivity contribution in [3.05, 3.63) is 79.0 Å². The Morgan fingerprint density at radius 3 is 2.68 bits per heavy atom. The van der Waals surface area contributed by atoms with Gasteiger partial charge in [0.05, 0.1) is 35.0 Å². The van der Waals surface area contributed by atoms with E-state index in [9.17, 15) is 0 Å². The van der Waals surface area contributed by atoms with E-state index in [-0.39, 0.29) is 0 Å². The highest BCUT2D eigenvalue weighted by Gasteiger charge is 2.18. The molecule has 1 aliphatic carbocycles. The summed E-state index contributed by atoms with van der Waals surface area (Å²) >= 11 is 1.71. The first-order valence-electron chi connectivity index (χ1n) is 13.0. The van der Waals surface area contributed by atoms with Gasteiger partial charge < -0.3 is 10.3 Å². The Balaban J connectivity index is 1.23. The fourth-order valence-corrected chi connectivity index (χ4v) is 6.23. The first-order chi connectivity index (χ1) is 18.7. The largest absolute Gasteiger partial charge is 0.358 e. The van der Waals surface area contributed by atoms with E-state index in [4.69, 9.17) is 0 Å². The van der Waals surface area contributed by atoms with Crippen molar-refractivity contribution in [2.45, 2.75) is 32.1 Å². The van der Waals surface area contributed by atoms with Gasteiger partial charge in [-0.3, -0.25) is 15.1 Å². The average molecular weight is 518 g/mol. The number of hydrogen-bond acceptors (Lipinski definition) is 6.